The molecule has 0 saturated carbocycles. The fourth-order valence-electron chi connectivity index (χ4n) is 2.01. The monoisotopic (exact) mass is 523 g/mol. The average Bonchev–Trinajstić information content (AvgIpc) is 2.86. The van der Waals surface area contributed by atoms with Crippen LogP contribution in [0.1, 0.15) is 6.92 Å². The Balaban J connectivity index is 2.13. The van der Waals surface area contributed by atoms with Crippen molar-refractivity contribution in [3.8, 4) is 22.1 Å². The zero-order chi connectivity index (χ0) is 15.0. The molecule has 0 amide bonds. The second-order valence-electron chi connectivity index (χ2n) is 4.37. The number of hydrogen-bond acceptors (Lipinski definition) is 4. The van der Waals surface area contributed by atoms with E-state index < -0.39 is 0 Å². The largest absolute Gasteiger partial charge is 0.506 e. The normalized spacial score (nSPS) is 11.0. The molecule has 1 aromatic heterocycles. The molecule has 0 unspecified atom stereocenters. The van der Waals surface area contributed by atoms with Gasteiger partial charge in [-0.25, -0.2) is 4.98 Å². The van der Waals surface area contributed by atoms with E-state index in [0.717, 1.165) is 33.7 Å². The van der Waals surface area contributed by atoms with Crippen molar-refractivity contribution in [2.45, 2.75) is 6.92 Å². The Labute approximate surface area is 153 Å². The number of ether oxygens (including phenoxy) is 1. The van der Waals surface area contributed by atoms with E-state index in [9.17, 15) is 5.11 Å². The molecule has 2 aromatic carbocycles. The number of phenolic OH excluding ortho intramolecular Hbond substituents is 1. The number of rotatable bonds is 3. The molecule has 0 spiro atoms. The quantitative estimate of drug-likeness (QED) is 0.476. The molecule has 0 radical (unpaired) electrons. The van der Waals surface area contributed by atoms with Gasteiger partial charge >= 0.3 is 0 Å². The fourth-order valence-corrected chi connectivity index (χ4v) is 4.86. The van der Waals surface area contributed by atoms with Crippen LogP contribution in [0.5, 0.6) is 11.5 Å². The predicted octanol–water partition coefficient (Wildman–Crippen LogP) is 5.28. The van der Waals surface area contributed by atoms with E-state index in [4.69, 9.17) is 4.74 Å². The summed E-state index contributed by atoms with van der Waals surface area (Å²) in [5, 5.41) is 11.1. The highest BCUT2D eigenvalue weighted by atomic mass is 127. The molecule has 0 aliphatic rings. The molecule has 1 heterocycles. The average molecular weight is 523 g/mol. The molecule has 0 aliphatic heterocycles. The van der Waals surface area contributed by atoms with Crippen LogP contribution in [-0.2, 0) is 0 Å². The summed E-state index contributed by atoms with van der Waals surface area (Å²) in [5.74, 6) is 1.14. The maximum absolute atomic E-state index is 10.3. The molecule has 0 fully saturated rings. The molecular weight excluding hydrogens is 512 g/mol. The summed E-state index contributed by atoms with van der Waals surface area (Å²) < 4.78 is 8.50. The summed E-state index contributed by atoms with van der Waals surface area (Å²) in [7, 11) is 0. The van der Waals surface area contributed by atoms with Gasteiger partial charge in [0.2, 0.25) is 0 Å². The van der Waals surface area contributed by atoms with E-state index in [2.05, 4.69) is 50.2 Å². The number of nitrogens with zero attached hydrogens (tertiary/aromatic N) is 1. The number of thiazole rings is 1. The first kappa shape index (κ1) is 15.3. The fraction of sp³-hybridized carbons (Fsp3) is 0.133. The number of hydrogen-bond donors (Lipinski definition) is 1. The molecule has 108 valence electrons. The van der Waals surface area contributed by atoms with Crippen LogP contribution < -0.4 is 4.74 Å². The van der Waals surface area contributed by atoms with Gasteiger partial charge in [-0.05, 0) is 82.4 Å². The minimum atomic E-state index is 0.292. The molecule has 0 aliphatic carbocycles. The minimum absolute atomic E-state index is 0.292. The van der Waals surface area contributed by atoms with Gasteiger partial charge < -0.3 is 9.84 Å². The molecule has 6 heteroatoms. The highest BCUT2D eigenvalue weighted by molar-refractivity contribution is 14.1. The Morgan fingerprint density at radius 1 is 1.24 bits per heavy atom. The number of benzene rings is 2. The first-order valence-corrected chi connectivity index (χ1v) is 9.27. The molecule has 0 saturated heterocycles. The first-order valence-electron chi connectivity index (χ1n) is 6.30. The van der Waals surface area contributed by atoms with Crippen LogP contribution >= 0.6 is 56.5 Å². The summed E-state index contributed by atoms with van der Waals surface area (Å²) in [4.78, 5) is 4.62. The Kier molecular flexibility index (Phi) is 4.55. The highest BCUT2D eigenvalue weighted by Gasteiger charge is 2.14. The van der Waals surface area contributed by atoms with Crippen molar-refractivity contribution in [1.29, 1.82) is 0 Å². The Bertz CT molecular complexity index is 817. The van der Waals surface area contributed by atoms with Gasteiger partial charge in [0.05, 0.1) is 26.0 Å². The van der Waals surface area contributed by atoms with E-state index in [-0.39, 0.29) is 0 Å². The van der Waals surface area contributed by atoms with Crippen LogP contribution in [0.2, 0.25) is 0 Å². The molecular formula is C15H11I2NO2S. The van der Waals surface area contributed by atoms with Crippen molar-refractivity contribution in [3.05, 3.63) is 37.5 Å². The molecule has 3 aromatic rings. The van der Waals surface area contributed by atoms with Crippen molar-refractivity contribution in [1.82, 2.24) is 4.98 Å². The zero-order valence-corrected chi connectivity index (χ0v) is 16.2. The Hall–Kier alpha value is -0.610. The number of halogens is 2. The lowest BCUT2D eigenvalue weighted by molar-refractivity contribution is 0.341. The lowest BCUT2D eigenvalue weighted by Gasteiger charge is -2.04. The molecule has 0 atom stereocenters. The first-order chi connectivity index (χ1) is 10.1. The molecule has 21 heavy (non-hydrogen) atoms. The van der Waals surface area contributed by atoms with Crippen molar-refractivity contribution < 1.29 is 9.84 Å². The minimum Gasteiger partial charge on any atom is -0.506 e. The lowest BCUT2D eigenvalue weighted by atomic mass is 10.2. The third-order valence-corrected chi connectivity index (χ3v) is 5.43. The number of aromatic hydroxyl groups is 1. The summed E-state index contributed by atoms with van der Waals surface area (Å²) >= 11 is 5.95. The van der Waals surface area contributed by atoms with Gasteiger partial charge in [-0.3, -0.25) is 0 Å². The van der Waals surface area contributed by atoms with Crippen molar-refractivity contribution in [2.75, 3.05) is 6.61 Å². The van der Waals surface area contributed by atoms with Gasteiger partial charge in [0, 0.05) is 3.57 Å². The van der Waals surface area contributed by atoms with Gasteiger partial charge in [0.1, 0.15) is 16.5 Å². The summed E-state index contributed by atoms with van der Waals surface area (Å²) in [6.45, 7) is 2.61. The smallest absolute Gasteiger partial charge is 0.139 e. The van der Waals surface area contributed by atoms with Crippen molar-refractivity contribution in [3.63, 3.8) is 0 Å². The van der Waals surface area contributed by atoms with Crippen molar-refractivity contribution in [2.24, 2.45) is 0 Å². The Morgan fingerprint density at radius 3 is 2.81 bits per heavy atom. The van der Waals surface area contributed by atoms with E-state index in [1.807, 2.05) is 37.3 Å². The van der Waals surface area contributed by atoms with Crippen LogP contribution in [0, 0.1) is 7.14 Å². The standard InChI is InChI=1S/C15H11I2NO2S/c1-2-20-9-3-4-12-13(7-9)21-15(18-12)10-5-8(16)6-11(17)14(10)19/h3-7,19H,2H2,1H3. The second kappa shape index (κ2) is 6.25. The highest BCUT2D eigenvalue weighted by Crippen LogP contribution is 2.39. The second-order valence-corrected chi connectivity index (χ2v) is 7.80. The van der Waals surface area contributed by atoms with Gasteiger partial charge in [0.15, 0.2) is 0 Å². The Morgan fingerprint density at radius 2 is 2.05 bits per heavy atom. The van der Waals surface area contributed by atoms with E-state index >= 15 is 0 Å². The number of fused-ring (bicyclic) bond motifs is 1. The van der Waals surface area contributed by atoms with E-state index in [1.54, 1.807) is 11.3 Å². The van der Waals surface area contributed by atoms with Gasteiger partial charge in [-0.1, -0.05) is 0 Å². The van der Waals surface area contributed by atoms with Gasteiger partial charge in [0.25, 0.3) is 0 Å². The van der Waals surface area contributed by atoms with E-state index in [1.165, 1.54) is 0 Å². The topological polar surface area (TPSA) is 42.4 Å². The number of phenols is 1. The predicted molar refractivity (Wildman–Crippen MR) is 103 cm³/mol. The van der Waals surface area contributed by atoms with E-state index in [0.29, 0.717) is 12.4 Å². The molecule has 1 N–H and O–H groups in total. The van der Waals surface area contributed by atoms with Crippen LogP contribution in [0.4, 0.5) is 0 Å². The van der Waals surface area contributed by atoms with Gasteiger partial charge in [-0.2, -0.15) is 0 Å². The molecule has 3 rings (SSSR count). The van der Waals surface area contributed by atoms with Crippen LogP contribution in [-0.4, -0.2) is 16.7 Å². The summed E-state index contributed by atoms with van der Waals surface area (Å²) in [5.41, 5.74) is 1.71. The van der Waals surface area contributed by atoms with Crippen LogP contribution in [0.15, 0.2) is 30.3 Å². The summed E-state index contributed by atoms with van der Waals surface area (Å²) in [6, 6.07) is 9.78. The van der Waals surface area contributed by atoms with Crippen molar-refractivity contribution >= 4 is 66.7 Å². The number of aromatic nitrogens is 1. The lowest BCUT2D eigenvalue weighted by Crippen LogP contribution is -1.89. The molecule has 3 nitrogen and oxygen atoms in total. The SMILES string of the molecule is CCOc1ccc2nc(-c3cc(I)cc(I)c3O)sc2c1. The maximum Gasteiger partial charge on any atom is 0.139 e. The van der Waals surface area contributed by atoms with Crippen LogP contribution in [0.25, 0.3) is 20.8 Å². The zero-order valence-electron chi connectivity index (χ0n) is 11.1. The third kappa shape index (κ3) is 3.11. The maximum atomic E-state index is 10.3. The summed E-state index contributed by atoms with van der Waals surface area (Å²) in [6.07, 6.45) is 0. The third-order valence-electron chi connectivity index (χ3n) is 2.93. The van der Waals surface area contributed by atoms with Gasteiger partial charge in [-0.15, -0.1) is 11.3 Å². The van der Waals surface area contributed by atoms with Crippen LogP contribution in [0.3, 0.4) is 0 Å². The molecule has 0 bridgehead atoms.